The zero-order valence-corrected chi connectivity index (χ0v) is 33.0. The van der Waals surface area contributed by atoms with Gasteiger partial charge in [-0.1, -0.05) is 72.1 Å². The molecule has 4 rings (SSSR count). The van der Waals surface area contributed by atoms with Gasteiger partial charge in [-0.05, 0) is 93.5 Å². The number of hydrogen-bond donors (Lipinski definition) is 2. The number of allylic oxidation sites excluding steroid dienone is 6. The number of esters is 2. The van der Waals surface area contributed by atoms with Crippen LogP contribution in [0.4, 0.5) is 5.69 Å². The van der Waals surface area contributed by atoms with Gasteiger partial charge in [-0.15, -0.1) is 0 Å². The Labute approximate surface area is 320 Å². The van der Waals surface area contributed by atoms with Crippen LogP contribution in [-0.2, 0) is 39.3 Å². The predicted molar refractivity (Wildman–Crippen MR) is 209 cm³/mol. The maximum absolute atomic E-state index is 13.7. The monoisotopic (exact) mass is 804 g/mol. The van der Waals surface area contributed by atoms with Gasteiger partial charge in [-0.25, -0.2) is 0 Å². The van der Waals surface area contributed by atoms with Crippen LogP contribution in [0.1, 0.15) is 45.1 Å². The number of nitrogens with zero attached hydrogens (tertiary/aromatic N) is 2. The maximum atomic E-state index is 13.7. The van der Waals surface area contributed by atoms with Gasteiger partial charge in [0.25, 0.3) is 20.2 Å². The minimum absolute atomic E-state index is 0.000692. The first-order valence-corrected chi connectivity index (χ1v) is 21.9. The highest BCUT2D eigenvalue weighted by Crippen LogP contribution is 2.47. The van der Waals surface area contributed by atoms with Crippen LogP contribution < -0.4 is 4.90 Å². The van der Waals surface area contributed by atoms with Crippen LogP contribution in [0.25, 0.3) is 0 Å². The molecule has 0 amide bonds. The van der Waals surface area contributed by atoms with E-state index in [0.29, 0.717) is 22.7 Å². The van der Waals surface area contributed by atoms with Crippen LogP contribution in [0.15, 0.2) is 110 Å². The number of aliphatic imine (C=N–C) groups is 1. The number of carbonyl (C=O) groups is 2. The van der Waals surface area contributed by atoms with E-state index in [1.807, 2.05) is 78.6 Å². The third kappa shape index (κ3) is 12.4. The lowest BCUT2D eigenvalue weighted by molar-refractivity contribution is -0.172. The van der Waals surface area contributed by atoms with Crippen LogP contribution >= 0.6 is 23.5 Å². The molecule has 0 aromatic heterocycles. The van der Waals surface area contributed by atoms with Gasteiger partial charge >= 0.3 is 11.9 Å². The summed E-state index contributed by atoms with van der Waals surface area (Å²) in [7, 11) is -8.28. The van der Waals surface area contributed by atoms with Crippen molar-refractivity contribution in [2.45, 2.75) is 56.2 Å². The minimum Gasteiger partial charge on any atom is -0.465 e. The van der Waals surface area contributed by atoms with Crippen molar-refractivity contribution in [1.82, 2.24) is 0 Å². The van der Waals surface area contributed by atoms with Gasteiger partial charge in [0, 0.05) is 22.9 Å². The van der Waals surface area contributed by atoms with Crippen molar-refractivity contribution in [1.29, 1.82) is 0 Å². The summed E-state index contributed by atoms with van der Waals surface area (Å²) in [5.41, 5.74) is 1.47. The standard InChI is InChI=1S/C37H44N2O10S4/c1-4-48-35(40)37(36(41)49-5-2)25-28(16-18-33(38-20-10-22-52(42,43)44)50-31-14-8-6-12-27(31)3)24-29(26-37)17-19-34-39(21-11-23-53(45,46)47)30-13-7-9-15-32(30)51-34/h6-9,12-19,24H,4-5,10-11,20-23,25-26H2,1-3H3,(H,42,43,44)(H,45,46,47)/b18-16+,29-17-,34-19-,38-33?. The molecule has 2 aromatic carbocycles. The van der Waals surface area contributed by atoms with E-state index in [4.69, 9.17) is 9.47 Å². The summed E-state index contributed by atoms with van der Waals surface area (Å²) in [6.07, 6.45) is 9.35. The topological polar surface area (TPSA) is 177 Å². The summed E-state index contributed by atoms with van der Waals surface area (Å²) >= 11 is 2.86. The first-order valence-electron chi connectivity index (χ1n) is 17.0. The Bertz CT molecular complexity index is 2020. The van der Waals surface area contributed by atoms with Crippen molar-refractivity contribution in [2.75, 3.05) is 42.7 Å². The van der Waals surface area contributed by atoms with Gasteiger partial charge in [0.2, 0.25) is 0 Å². The van der Waals surface area contributed by atoms with Gasteiger partial charge in [-0.2, -0.15) is 16.8 Å². The Morgan fingerprint density at radius 2 is 1.57 bits per heavy atom. The molecule has 0 saturated carbocycles. The summed E-state index contributed by atoms with van der Waals surface area (Å²) in [6, 6.07) is 15.4. The molecule has 53 heavy (non-hydrogen) atoms. The van der Waals surface area contributed by atoms with Gasteiger partial charge in [0.05, 0.1) is 40.5 Å². The number of thioether (sulfide) groups is 2. The number of anilines is 1. The summed E-state index contributed by atoms with van der Waals surface area (Å²) in [4.78, 5) is 35.8. The van der Waals surface area contributed by atoms with Crippen LogP contribution in [0, 0.1) is 12.3 Å². The second-order valence-electron chi connectivity index (χ2n) is 12.3. The molecular weight excluding hydrogens is 761 g/mol. The van der Waals surface area contributed by atoms with Crippen LogP contribution in [0.2, 0.25) is 0 Å². The van der Waals surface area contributed by atoms with E-state index in [-0.39, 0.29) is 45.4 Å². The quantitative estimate of drug-likeness (QED) is 0.0345. The normalized spacial score (nSPS) is 17.6. The van der Waals surface area contributed by atoms with E-state index in [1.54, 1.807) is 26.0 Å². The molecule has 12 nitrogen and oxygen atoms in total. The van der Waals surface area contributed by atoms with Gasteiger partial charge in [-0.3, -0.25) is 23.7 Å². The highest BCUT2D eigenvalue weighted by atomic mass is 32.2. The van der Waals surface area contributed by atoms with Crippen molar-refractivity contribution < 1.29 is 45.0 Å². The highest BCUT2D eigenvalue weighted by Gasteiger charge is 2.51. The second-order valence-corrected chi connectivity index (χ2v) is 17.5. The van der Waals surface area contributed by atoms with E-state index in [2.05, 4.69) is 4.99 Å². The average molecular weight is 805 g/mol. The molecule has 0 atom stereocenters. The van der Waals surface area contributed by atoms with E-state index in [1.165, 1.54) is 23.5 Å². The zero-order valence-electron chi connectivity index (χ0n) is 29.8. The number of rotatable bonds is 16. The Morgan fingerprint density at radius 1 is 0.925 bits per heavy atom. The van der Waals surface area contributed by atoms with E-state index >= 15 is 0 Å². The van der Waals surface area contributed by atoms with Gasteiger partial charge in [0.15, 0.2) is 5.41 Å². The minimum atomic E-state index is -4.14. The number of carbonyl (C=O) groups excluding carboxylic acids is 2. The molecular formula is C37H44N2O10S4. The first-order chi connectivity index (χ1) is 25.1. The Balaban J connectivity index is 1.76. The lowest BCUT2D eigenvalue weighted by Crippen LogP contribution is -2.44. The largest absolute Gasteiger partial charge is 0.465 e. The predicted octanol–water partition coefficient (Wildman–Crippen LogP) is 6.81. The Morgan fingerprint density at radius 3 is 2.23 bits per heavy atom. The summed E-state index contributed by atoms with van der Waals surface area (Å²) in [5, 5.41) is 1.34. The molecule has 0 spiro atoms. The number of benzene rings is 2. The fraction of sp³-hybridized carbons (Fsp3) is 0.378. The molecule has 0 saturated heterocycles. The number of fused-ring (bicyclic) bond motifs is 1. The molecule has 1 aliphatic carbocycles. The molecule has 0 bridgehead atoms. The van der Waals surface area contributed by atoms with Crippen molar-refractivity contribution >= 4 is 66.4 Å². The van der Waals surface area contributed by atoms with E-state index < -0.39 is 49.1 Å². The van der Waals surface area contributed by atoms with Crippen molar-refractivity contribution in [3.05, 3.63) is 101 Å². The number of para-hydroxylation sites is 1. The van der Waals surface area contributed by atoms with Gasteiger partial charge < -0.3 is 14.4 Å². The summed E-state index contributed by atoms with van der Waals surface area (Å²) in [5.74, 6) is -2.24. The molecule has 1 aliphatic heterocycles. The van der Waals surface area contributed by atoms with Crippen molar-refractivity contribution in [2.24, 2.45) is 10.4 Å². The van der Waals surface area contributed by atoms with Crippen LogP contribution in [0.5, 0.6) is 0 Å². The average Bonchev–Trinajstić information content (AvgIpc) is 3.45. The molecule has 0 fully saturated rings. The molecule has 0 unspecified atom stereocenters. The molecule has 16 heteroatoms. The Kier molecular flexibility index (Phi) is 15.1. The first kappa shape index (κ1) is 42.1. The van der Waals surface area contributed by atoms with Crippen molar-refractivity contribution in [3.63, 3.8) is 0 Å². The third-order valence-electron chi connectivity index (χ3n) is 8.15. The molecule has 2 aromatic rings. The molecule has 0 radical (unpaired) electrons. The zero-order chi connectivity index (χ0) is 38.6. The van der Waals surface area contributed by atoms with Crippen LogP contribution in [0.3, 0.4) is 0 Å². The molecule has 286 valence electrons. The third-order valence-corrected chi connectivity index (χ3v) is 12.0. The molecule has 2 N–H and O–H groups in total. The smallest absolute Gasteiger partial charge is 0.324 e. The maximum Gasteiger partial charge on any atom is 0.324 e. The summed E-state index contributed by atoms with van der Waals surface area (Å²) < 4.78 is 74.9. The number of hydrogen-bond acceptors (Lipinski definition) is 12. The lowest BCUT2D eigenvalue weighted by Gasteiger charge is -2.33. The van der Waals surface area contributed by atoms with Crippen molar-refractivity contribution in [3.8, 4) is 0 Å². The molecule has 2 aliphatic rings. The van der Waals surface area contributed by atoms with E-state index in [0.717, 1.165) is 26.1 Å². The highest BCUT2D eigenvalue weighted by molar-refractivity contribution is 8.14. The number of aryl methyl sites for hydroxylation is 1. The Hall–Kier alpha value is -3.67. The van der Waals surface area contributed by atoms with Crippen LogP contribution in [-0.4, -0.2) is 80.7 Å². The lowest BCUT2D eigenvalue weighted by atomic mass is 9.71. The summed E-state index contributed by atoms with van der Waals surface area (Å²) in [6.45, 7) is 5.85. The van der Waals surface area contributed by atoms with E-state index in [9.17, 15) is 35.5 Å². The SMILES string of the molecule is CCOC(=O)C1(C(=O)OCC)CC(/C=C/C(=NCCCS(=O)(=O)O)Sc2ccccc2C)=CC(=C/C=C2\Sc3ccccc3N2CCCS(=O)(=O)O)/C1. The fourth-order valence-electron chi connectivity index (χ4n) is 5.73. The fourth-order valence-corrected chi connectivity index (χ4v) is 8.70. The van der Waals surface area contributed by atoms with Gasteiger partial charge in [0.1, 0.15) is 0 Å². The molecule has 1 heterocycles. The second kappa shape index (κ2) is 19.1. The number of ether oxygens (including phenoxy) is 2.